The second-order valence-corrected chi connectivity index (χ2v) is 6.34. The molecule has 0 saturated heterocycles. The number of rotatable bonds is 3. The highest BCUT2D eigenvalue weighted by atomic mass is 35.5. The van der Waals surface area contributed by atoms with E-state index >= 15 is 0 Å². The Morgan fingerprint density at radius 1 is 1.22 bits per heavy atom. The molecule has 27 heavy (non-hydrogen) atoms. The number of fused-ring (bicyclic) bond motifs is 1. The number of pyridine rings is 2. The number of halogens is 3. The molecule has 8 heteroatoms. The van der Waals surface area contributed by atoms with Gasteiger partial charge in [-0.05, 0) is 50.1 Å². The van der Waals surface area contributed by atoms with Gasteiger partial charge in [0.2, 0.25) is 5.43 Å². The molecule has 0 N–H and O–H groups in total. The first kappa shape index (κ1) is 19.0. The van der Waals surface area contributed by atoms with Crippen LogP contribution in [-0.2, 0) is 4.74 Å². The highest BCUT2D eigenvalue weighted by molar-refractivity contribution is 6.29. The number of benzene rings is 1. The minimum atomic E-state index is -0.888. The number of hydrogen-bond acceptors (Lipinski definition) is 4. The van der Waals surface area contributed by atoms with Crippen LogP contribution in [-0.4, -0.2) is 22.1 Å². The standard InChI is InChI=1S/C19H15ClF2N2O3/c1-4-27-19(26)13-8-24(15-9(2)5-11(21)6-10(15)3)18-12(16(13)25)7-14(22)17(20)23-18/h5-8H,4H2,1-3H3. The third-order valence-electron chi connectivity index (χ3n) is 4.08. The van der Waals surface area contributed by atoms with Crippen molar-refractivity contribution in [2.45, 2.75) is 20.8 Å². The third-order valence-corrected chi connectivity index (χ3v) is 4.35. The molecule has 2 heterocycles. The van der Waals surface area contributed by atoms with E-state index in [0.29, 0.717) is 16.8 Å². The summed E-state index contributed by atoms with van der Waals surface area (Å²) >= 11 is 5.80. The molecule has 0 aliphatic carbocycles. The van der Waals surface area contributed by atoms with Crippen LogP contribution in [0.1, 0.15) is 28.4 Å². The fourth-order valence-electron chi connectivity index (χ4n) is 3.01. The Bertz CT molecular complexity index is 1120. The molecule has 0 aliphatic heterocycles. The van der Waals surface area contributed by atoms with Gasteiger partial charge in [-0.1, -0.05) is 11.6 Å². The largest absolute Gasteiger partial charge is 0.462 e. The first-order valence-electron chi connectivity index (χ1n) is 8.10. The molecular formula is C19H15ClF2N2O3. The molecule has 140 valence electrons. The molecule has 0 aliphatic rings. The van der Waals surface area contributed by atoms with E-state index in [2.05, 4.69) is 4.98 Å². The van der Waals surface area contributed by atoms with Crippen molar-refractivity contribution in [1.82, 2.24) is 9.55 Å². The fraction of sp³-hybridized carbons (Fsp3) is 0.211. The maximum atomic E-state index is 13.9. The van der Waals surface area contributed by atoms with Crippen molar-refractivity contribution in [3.05, 3.63) is 68.1 Å². The summed E-state index contributed by atoms with van der Waals surface area (Å²) in [5.41, 5.74) is 0.625. The molecule has 0 radical (unpaired) electrons. The second kappa shape index (κ2) is 7.08. The van der Waals surface area contributed by atoms with E-state index in [1.165, 1.54) is 22.9 Å². The number of carbonyl (C=O) groups excluding carboxylic acids is 1. The van der Waals surface area contributed by atoms with E-state index in [-0.39, 0.29) is 23.2 Å². The smallest absolute Gasteiger partial charge is 0.343 e. The second-order valence-electron chi connectivity index (χ2n) is 5.98. The van der Waals surface area contributed by atoms with Crippen LogP contribution in [0.25, 0.3) is 16.7 Å². The molecule has 0 fully saturated rings. The summed E-state index contributed by atoms with van der Waals surface area (Å²) in [6, 6.07) is 3.54. The third kappa shape index (κ3) is 3.30. The summed E-state index contributed by atoms with van der Waals surface area (Å²) in [6.45, 7) is 5.01. The van der Waals surface area contributed by atoms with E-state index in [9.17, 15) is 18.4 Å². The number of hydrogen-bond donors (Lipinski definition) is 0. The van der Waals surface area contributed by atoms with Gasteiger partial charge in [0.25, 0.3) is 0 Å². The lowest BCUT2D eigenvalue weighted by atomic mass is 10.1. The zero-order valence-electron chi connectivity index (χ0n) is 14.8. The highest BCUT2D eigenvalue weighted by Gasteiger charge is 2.21. The van der Waals surface area contributed by atoms with Crippen LogP contribution < -0.4 is 5.43 Å². The van der Waals surface area contributed by atoms with Crippen LogP contribution in [0.3, 0.4) is 0 Å². The molecule has 3 aromatic rings. The van der Waals surface area contributed by atoms with Crippen molar-refractivity contribution in [2.75, 3.05) is 6.61 Å². The van der Waals surface area contributed by atoms with E-state index < -0.39 is 28.2 Å². The van der Waals surface area contributed by atoms with Gasteiger partial charge in [0, 0.05) is 6.20 Å². The van der Waals surface area contributed by atoms with Crippen LogP contribution in [0.5, 0.6) is 0 Å². The Morgan fingerprint density at radius 3 is 2.44 bits per heavy atom. The summed E-state index contributed by atoms with van der Waals surface area (Å²) in [5, 5.41) is -0.553. The van der Waals surface area contributed by atoms with Crippen molar-refractivity contribution in [2.24, 2.45) is 0 Å². The number of carbonyl (C=O) groups is 1. The molecule has 0 spiro atoms. The lowest BCUT2D eigenvalue weighted by Crippen LogP contribution is -2.22. The minimum Gasteiger partial charge on any atom is -0.462 e. The summed E-state index contributed by atoms with van der Waals surface area (Å²) < 4.78 is 34.0. The van der Waals surface area contributed by atoms with Gasteiger partial charge in [-0.3, -0.25) is 9.36 Å². The first-order valence-corrected chi connectivity index (χ1v) is 8.48. The maximum absolute atomic E-state index is 13.9. The van der Waals surface area contributed by atoms with Crippen molar-refractivity contribution < 1.29 is 18.3 Å². The molecule has 0 unspecified atom stereocenters. The van der Waals surface area contributed by atoms with Gasteiger partial charge in [-0.2, -0.15) is 0 Å². The van der Waals surface area contributed by atoms with E-state index in [1.807, 2.05) is 0 Å². The molecule has 2 aromatic heterocycles. The van der Waals surface area contributed by atoms with Gasteiger partial charge in [0.1, 0.15) is 17.0 Å². The van der Waals surface area contributed by atoms with Gasteiger partial charge in [0.15, 0.2) is 11.0 Å². The van der Waals surface area contributed by atoms with Crippen LogP contribution in [0.15, 0.2) is 29.2 Å². The van der Waals surface area contributed by atoms with Crippen molar-refractivity contribution in [3.63, 3.8) is 0 Å². The number of aromatic nitrogens is 2. The monoisotopic (exact) mass is 392 g/mol. The molecule has 0 amide bonds. The molecule has 0 saturated carbocycles. The molecule has 0 atom stereocenters. The summed E-state index contributed by atoms with van der Waals surface area (Å²) in [7, 11) is 0. The minimum absolute atomic E-state index is 0.0530. The Kier molecular flexibility index (Phi) is 4.97. The fourth-order valence-corrected chi connectivity index (χ4v) is 3.14. The SMILES string of the molecule is CCOC(=O)c1cn(-c2c(C)cc(F)cc2C)c2nc(Cl)c(F)cc2c1=O. The summed E-state index contributed by atoms with van der Waals surface area (Å²) in [5.74, 6) is -2.16. The Balaban J connectivity index is 2.48. The van der Waals surface area contributed by atoms with E-state index in [1.54, 1.807) is 20.8 Å². The lowest BCUT2D eigenvalue weighted by Gasteiger charge is -2.17. The molecule has 0 bridgehead atoms. The van der Waals surface area contributed by atoms with Crippen molar-refractivity contribution in [3.8, 4) is 5.69 Å². The quantitative estimate of drug-likeness (QED) is 0.497. The van der Waals surface area contributed by atoms with Crippen LogP contribution in [0.4, 0.5) is 8.78 Å². The first-order chi connectivity index (χ1) is 12.7. The maximum Gasteiger partial charge on any atom is 0.343 e. The Labute approximate surface area is 158 Å². The zero-order valence-corrected chi connectivity index (χ0v) is 15.5. The lowest BCUT2D eigenvalue weighted by molar-refractivity contribution is 0.0524. The average Bonchev–Trinajstić information content (AvgIpc) is 2.58. The molecule has 3 rings (SSSR count). The Hall–Kier alpha value is -2.80. The van der Waals surface area contributed by atoms with Crippen LogP contribution >= 0.6 is 11.6 Å². The van der Waals surface area contributed by atoms with Gasteiger partial charge >= 0.3 is 5.97 Å². The average molecular weight is 393 g/mol. The predicted molar refractivity (Wildman–Crippen MR) is 97.7 cm³/mol. The van der Waals surface area contributed by atoms with Gasteiger partial charge in [0.05, 0.1) is 17.7 Å². The van der Waals surface area contributed by atoms with Crippen LogP contribution in [0.2, 0.25) is 5.15 Å². The number of ether oxygens (including phenoxy) is 1. The number of aryl methyl sites for hydroxylation is 2. The topological polar surface area (TPSA) is 61.2 Å². The van der Waals surface area contributed by atoms with Gasteiger partial charge in [-0.15, -0.1) is 0 Å². The Morgan fingerprint density at radius 2 is 1.85 bits per heavy atom. The van der Waals surface area contributed by atoms with Crippen molar-refractivity contribution in [1.29, 1.82) is 0 Å². The van der Waals surface area contributed by atoms with Crippen molar-refractivity contribution >= 4 is 28.6 Å². The number of nitrogens with zero attached hydrogens (tertiary/aromatic N) is 2. The van der Waals surface area contributed by atoms with Crippen LogP contribution in [0, 0.1) is 25.5 Å². The summed E-state index contributed by atoms with van der Waals surface area (Å²) in [6.07, 6.45) is 1.26. The molecular weight excluding hydrogens is 378 g/mol. The van der Waals surface area contributed by atoms with Gasteiger partial charge < -0.3 is 4.74 Å². The van der Waals surface area contributed by atoms with E-state index in [0.717, 1.165) is 6.07 Å². The summed E-state index contributed by atoms with van der Waals surface area (Å²) in [4.78, 5) is 28.9. The zero-order chi connectivity index (χ0) is 19.9. The number of esters is 1. The molecule has 1 aromatic carbocycles. The normalized spacial score (nSPS) is 11.0. The van der Waals surface area contributed by atoms with Gasteiger partial charge in [-0.25, -0.2) is 18.6 Å². The predicted octanol–water partition coefficient (Wildman–Crippen LogP) is 4.11. The van der Waals surface area contributed by atoms with E-state index in [4.69, 9.17) is 16.3 Å². The highest BCUT2D eigenvalue weighted by Crippen LogP contribution is 2.26. The molecule has 5 nitrogen and oxygen atoms in total.